The summed E-state index contributed by atoms with van der Waals surface area (Å²) >= 11 is 0. The van der Waals surface area contributed by atoms with Crippen LogP contribution in [0.2, 0.25) is 0 Å². The van der Waals surface area contributed by atoms with E-state index in [1.54, 1.807) is 28.1 Å². The first-order chi connectivity index (χ1) is 21.0. The Bertz CT molecular complexity index is 1560. The van der Waals surface area contributed by atoms with Gasteiger partial charge in [0.05, 0.1) is 4.95 Å². The summed E-state index contributed by atoms with van der Waals surface area (Å²) < 4.78 is 5.48. The number of piperazine rings is 1. The van der Waals surface area contributed by atoms with Crippen LogP contribution in [0.15, 0.2) is 66.7 Å². The highest BCUT2D eigenvalue weighted by molar-refractivity contribution is 6.04. The van der Waals surface area contributed by atoms with Gasteiger partial charge in [0.15, 0.2) is 0 Å². The number of ether oxygens (including phenoxy) is 1. The van der Waals surface area contributed by atoms with Crippen molar-refractivity contribution in [3.05, 3.63) is 82.8 Å². The molecule has 3 aromatic carbocycles. The van der Waals surface area contributed by atoms with Gasteiger partial charge in [0.2, 0.25) is 5.91 Å². The molecule has 0 radical (unpaired) electrons. The predicted molar refractivity (Wildman–Crippen MR) is 174 cm³/mol. The lowest BCUT2D eigenvalue weighted by molar-refractivity contribution is -0.117. The van der Waals surface area contributed by atoms with Gasteiger partial charge in [0, 0.05) is 54.7 Å². The molecule has 1 saturated carbocycles. The van der Waals surface area contributed by atoms with Gasteiger partial charge in [0.1, 0.15) is 17.0 Å². The number of nitrogens with zero attached hydrogens (tertiary/aromatic N) is 4. The predicted octanol–water partition coefficient (Wildman–Crippen LogP) is 6.67. The van der Waals surface area contributed by atoms with Crippen molar-refractivity contribution < 1.29 is 19.1 Å². The first kappa shape index (κ1) is 30.4. The van der Waals surface area contributed by atoms with E-state index in [2.05, 4.69) is 20.5 Å². The van der Waals surface area contributed by atoms with Crippen LogP contribution in [-0.2, 0) is 9.53 Å². The second kappa shape index (κ2) is 12.7. The van der Waals surface area contributed by atoms with Crippen LogP contribution in [0.25, 0.3) is 4.95 Å². The molecule has 2 fully saturated rings. The molecule has 0 bridgehead atoms. The molecule has 5 rings (SSSR count). The Labute approximate surface area is 258 Å². The van der Waals surface area contributed by atoms with E-state index >= 15 is 0 Å². The molecule has 10 nitrogen and oxygen atoms in total. The molecule has 228 valence electrons. The van der Waals surface area contributed by atoms with Gasteiger partial charge in [-0.15, -0.1) is 0 Å². The van der Waals surface area contributed by atoms with Crippen LogP contribution in [0, 0.1) is 19.4 Å². The number of amides is 3. The minimum absolute atomic E-state index is 0.0535. The lowest BCUT2D eigenvalue weighted by Crippen LogP contribution is -2.50. The fourth-order valence-electron chi connectivity index (χ4n) is 5.02. The minimum Gasteiger partial charge on any atom is -0.444 e. The zero-order chi connectivity index (χ0) is 31.4. The average Bonchev–Trinajstić information content (AvgIpc) is 3.85. The van der Waals surface area contributed by atoms with Gasteiger partial charge in [-0.2, -0.15) is 0 Å². The fraction of sp³-hybridized carbons (Fsp3) is 0.353. The molecule has 2 aliphatic rings. The number of aryl methyl sites for hydroxylation is 1. The van der Waals surface area contributed by atoms with Crippen molar-refractivity contribution in [2.75, 3.05) is 46.7 Å². The molecule has 1 aliphatic heterocycles. The Kier molecular flexibility index (Phi) is 8.76. The monoisotopic (exact) mass is 595 g/mol. The van der Waals surface area contributed by atoms with Crippen LogP contribution in [0.1, 0.15) is 49.5 Å². The number of anilines is 5. The van der Waals surface area contributed by atoms with Crippen molar-refractivity contribution in [3.8, 4) is 6.57 Å². The van der Waals surface area contributed by atoms with E-state index in [4.69, 9.17) is 11.3 Å². The van der Waals surface area contributed by atoms with Gasteiger partial charge in [0.25, 0.3) is 5.91 Å². The van der Waals surface area contributed by atoms with E-state index < -0.39 is 5.60 Å². The fourth-order valence-corrected chi connectivity index (χ4v) is 5.02. The summed E-state index contributed by atoms with van der Waals surface area (Å²) in [7, 11) is 0. The second-order valence-electron chi connectivity index (χ2n) is 12.2. The van der Waals surface area contributed by atoms with Crippen molar-refractivity contribution in [2.45, 2.75) is 46.1 Å². The van der Waals surface area contributed by atoms with Crippen LogP contribution < -0.4 is 20.5 Å². The van der Waals surface area contributed by atoms with E-state index in [9.17, 15) is 14.4 Å². The van der Waals surface area contributed by atoms with Crippen molar-refractivity contribution in [3.63, 3.8) is 0 Å². The van der Waals surface area contributed by atoms with Gasteiger partial charge in [-0.3, -0.25) is 9.59 Å². The maximum atomic E-state index is 13.0. The Morgan fingerprint density at radius 3 is 2.09 bits per heavy atom. The lowest BCUT2D eigenvalue weighted by atomic mass is 10.1. The molecule has 2 N–H and O–H groups in total. The number of rotatable bonds is 7. The van der Waals surface area contributed by atoms with Gasteiger partial charge in [-0.05, 0) is 118 Å². The third-order valence-electron chi connectivity index (χ3n) is 7.55. The van der Waals surface area contributed by atoms with Crippen molar-refractivity contribution in [1.29, 1.82) is 0 Å². The van der Waals surface area contributed by atoms with Crippen LogP contribution >= 0.6 is 0 Å². The van der Waals surface area contributed by atoms with Crippen LogP contribution in [0.4, 0.5) is 33.2 Å². The highest BCUT2D eigenvalue weighted by Crippen LogP contribution is 2.33. The highest BCUT2D eigenvalue weighted by atomic mass is 16.6. The maximum absolute atomic E-state index is 13.0. The van der Waals surface area contributed by atoms with Gasteiger partial charge in [-0.1, -0.05) is 0 Å². The summed E-state index contributed by atoms with van der Waals surface area (Å²) in [5, 5.41) is 7.51. The highest BCUT2D eigenvalue weighted by Gasteiger charge is 2.30. The zero-order valence-corrected chi connectivity index (χ0v) is 25.7. The smallest absolute Gasteiger partial charge is 0.410 e. The average molecular weight is 596 g/mol. The van der Waals surface area contributed by atoms with E-state index in [0.29, 0.717) is 37.4 Å². The second-order valence-corrected chi connectivity index (χ2v) is 12.2. The molecule has 1 heterocycles. The normalized spacial score (nSPS) is 14.8. The summed E-state index contributed by atoms with van der Waals surface area (Å²) in [6, 6.07) is 20.3. The lowest BCUT2D eigenvalue weighted by Gasteiger charge is -2.36. The summed E-state index contributed by atoms with van der Waals surface area (Å²) in [5.74, 6) is -0.0355. The molecule has 44 heavy (non-hydrogen) atoms. The number of carbonyl (C=O) groups is 3. The zero-order valence-electron chi connectivity index (χ0n) is 25.7. The van der Waals surface area contributed by atoms with E-state index in [-0.39, 0.29) is 23.8 Å². The minimum atomic E-state index is -0.518. The van der Waals surface area contributed by atoms with Crippen molar-refractivity contribution in [2.24, 2.45) is 5.92 Å². The van der Waals surface area contributed by atoms with Gasteiger partial charge >= 0.3 is 12.7 Å². The van der Waals surface area contributed by atoms with E-state index in [0.717, 1.165) is 41.2 Å². The molecule has 1 aliphatic carbocycles. The first-order valence-electron chi connectivity index (χ1n) is 14.9. The molecule has 0 spiro atoms. The number of hydrogen-bond acceptors (Lipinski definition) is 6. The van der Waals surface area contributed by atoms with Gasteiger partial charge in [-0.25, -0.2) is 4.79 Å². The molecular formula is C34H39N6O4+. The van der Waals surface area contributed by atoms with Crippen LogP contribution in [0.3, 0.4) is 0 Å². The quantitative estimate of drug-likeness (QED) is 0.296. The summed E-state index contributed by atoms with van der Waals surface area (Å²) in [5.41, 5.74) is 4.75. The molecule has 3 amide bonds. The molecule has 0 atom stereocenters. The largest absolute Gasteiger partial charge is 0.444 e. The topological polar surface area (TPSA) is 98.6 Å². The Hall–Kier alpha value is -5.04. The number of carbonyl (C=O) groups excluding carboxylic acids is 3. The standard InChI is InChI=1S/C34H38N6O4/c1-23-22-27(12-17-30(23)40(35-5)29-15-10-26(11-16-29)36-31(41)24-6-7-24)37-32(42)25-8-13-28(14-9-25)38-18-20-39(21-19-38)33(43)44-34(2,3)4/h5,8-17,22,24H,6-7,18-21H2,1-4H3,(H-,36,37,41,42)/p+1. The number of hydrogen-bond donors (Lipinski definition) is 2. The summed E-state index contributed by atoms with van der Waals surface area (Å²) in [6.45, 7) is 15.8. The molecule has 1 saturated heterocycles. The van der Waals surface area contributed by atoms with Crippen LogP contribution in [0.5, 0.6) is 0 Å². The Morgan fingerprint density at radius 2 is 1.52 bits per heavy atom. The molecule has 0 unspecified atom stereocenters. The number of benzene rings is 3. The van der Waals surface area contributed by atoms with Crippen molar-refractivity contribution >= 4 is 46.3 Å². The SMILES string of the molecule is C#[N+]N(c1ccc(NC(=O)C2CC2)cc1)c1ccc(NC(=O)c2ccc(N3CCN(C(=O)OC(C)(C)C)CC3)cc2)cc1C. The molecule has 0 aromatic heterocycles. The van der Waals surface area contributed by atoms with Crippen LogP contribution in [-0.4, -0.2) is 54.6 Å². The third kappa shape index (κ3) is 7.48. The molecule has 3 aromatic rings. The maximum Gasteiger partial charge on any atom is 0.410 e. The number of nitrogens with one attached hydrogen (secondary N) is 2. The Balaban J connectivity index is 1.17. The van der Waals surface area contributed by atoms with E-state index in [1.165, 1.54) is 0 Å². The first-order valence-corrected chi connectivity index (χ1v) is 14.9. The Morgan fingerprint density at radius 1 is 0.886 bits per heavy atom. The summed E-state index contributed by atoms with van der Waals surface area (Å²) in [4.78, 5) is 45.3. The molecule has 10 heteroatoms. The third-order valence-corrected chi connectivity index (χ3v) is 7.55. The van der Waals surface area contributed by atoms with Gasteiger partial charge < -0.3 is 25.2 Å². The molecular weight excluding hydrogens is 556 g/mol. The summed E-state index contributed by atoms with van der Waals surface area (Å²) in [6.07, 6.45) is 1.61. The van der Waals surface area contributed by atoms with Crippen molar-refractivity contribution in [1.82, 2.24) is 4.90 Å². The van der Waals surface area contributed by atoms with E-state index in [1.807, 2.05) is 76.2 Å².